The number of hydrogen-bond acceptors (Lipinski definition) is 4. The van der Waals surface area contributed by atoms with E-state index in [1.807, 2.05) is 17.9 Å². The van der Waals surface area contributed by atoms with E-state index in [0.29, 0.717) is 11.0 Å². The second-order valence-electron chi connectivity index (χ2n) is 4.39. The van der Waals surface area contributed by atoms with Crippen LogP contribution in [-0.4, -0.2) is 35.9 Å². The van der Waals surface area contributed by atoms with Gasteiger partial charge in [-0.15, -0.1) is 0 Å². The average Bonchev–Trinajstić information content (AvgIpc) is 2.40. The molecule has 0 unspecified atom stereocenters. The van der Waals surface area contributed by atoms with Crippen LogP contribution in [0.3, 0.4) is 0 Å². The Labute approximate surface area is 126 Å². The highest BCUT2D eigenvalue weighted by Crippen LogP contribution is 2.29. The number of nitro groups is 1. The lowest BCUT2D eigenvalue weighted by Crippen LogP contribution is -2.35. The van der Waals surface area contributed by atoms with Crippen LogP contribution in [0.15, 0.2) is 22.7 Å². The van der Waals surface area contributed by atoms with Crippen LogP contribution < -0.4 is 5.32 Å². The van der Waals surface area contributed by atoms with Crippen LogP contribution in [0.5, 0.6) is 0 Å². The number of likely N-dealkylation sites (N-methyl/N-ethyl adjacent to an activating group) is 1. The molecule has 0 radical (unpaired) electrons. The molecule has 0 aliphatic carbocycles. The first-order valence-corrected chi connectivity index (χ1v) is 7.13. The summed E-state index contributed by atoms with van der Waals surface area (Å²) >= 11 is 3.28. The van der Waals surface area contributed by atoms with Crippen molar-refractivity contribution in [2.24, 2.45) is 0 Å². The van der Waals surface area contributed by atoms with Gasteiger partial charge in [0.05, 0.1) is 15.9 Å². The third-order valence-corrected chi connectivity index (χ3v) is 3.75. The summed E-state index contributed by atoms with van der Waals surface area (Å²) < 4.78 is 0.475. The lowest BCUT2D eigenvalue weighted by atomic mass is 10.2. The number of hydrogen-bond donors (Lipinski definition) is 1. The van der Waals surface area contributed by atoms with Gasteiger partial charge >= 0.3 is 0 Å². The monoisotopic (exact) mass is 343 g/mol. The van der Waals surface area contributed by atoms with Gasteiger partial charge in [-0.1, -0.05) is 19.1 Å². The minimum absolute atomic E-state index is 0.0406. The van der Waals surface area contributed by atoms with Gasteiger partial charge in [-0.05, 0) is 34.5 Å². The molecule has 1 aromatic rings. The Morgan fingerprint density at radius 3 is 2.75 bits per heavy atom. The predicted octanol–water partition coefficient (Wildman–Crippen LogP) is 2.32. The highest BCUT2D eigenvalue weighted by molar-refractivity contribution is 9.10. The zero-order valence-electron chi connectivity index (χ0n) is 11.6. The van der Waals surface area contributed by atoms with Gasteiger partial charge in [-0.25, -0.2) is 0 Å². The predicted molar refractivity (Wildman–Crippen MR) is 80.4 cm³/mol. The highest BCUT2D eigenvalue weighted by Gasteiger charge is 2.17. The fourth-order valence-electron chi connectivity index (χ4n) is 1.88. The number of carbonyl (C=O) groups excluding carboxylic acids is 1. The smallest absolute Gasteiger partial charge is 0.283 e. The summed E-state index contributed by atoms with van der Waals surface area (Å²) in [4.78, 5) is 23.9. The van der Waals surface area contributed by atoms with Gasteiger partial charge in [0.25, 0.3) is 5.69 Å². The molecule has 0 aliphatic heterocycles. The first-order chi connectivity index (χ1) is 9.49. The Morgan fingerprint density at radius 1 is 1.50 bits per heavy atom. The minimum atomic E-state index is -0.420. The van der Waals surface area contributed by atoms with E-state index in [0.717, 1.165) is 18.5 Å². The number of nitrogens with one attached hydrogen (secondary N) is 1. The molecule has 0 bridgehead atoms. The molecule has 7 heteroatoms. The first kappa shape index (κ1) is 16.6. The highest BCUT2D eigenvalue weighted by atomic mass is 79.9. The fraction of sp³-hybridized carbons (Fsp3) is 0.462. The molecule has 6 nitrogen and oxygen atoms in total. The van der Waals surface area contributed by atoms with Gasteiger partial charge in [0.1, 0.15) is 0 Å². The minimum Gasteiger partial charge on any atom is -0.358 e. The van der Waals surface area contributed by atoms with Crippen LogP contribution in [0.4, 0.5) is 5.69 Å². The maximum Gasteiger partial charge on any atom is 0.283 e. The third-order valence-electron chi connectivity index (χ3n) is 2.83. The summed E-state index contributed by atoms with van der Waals surface area (Å²) in [5.74, 6) is -0.0694. The molecule has 1 aromatic carbocycles. The lowest BCUT2D eigenvalue weighted by molar-refractivity contribution is -0.385. The maximum absolute atomic E-state index is 11.5. The van der Waals surface area contributed by atoms with Crippen molar-refractivity contribution in [1.82, 2.24) is 10.2 Å². The number of amides is 1. The summed E-state index contributed by atoms with van der Waals surface area (Å²) in [7, 11) is 1.59. The molecule has 0 aliphatic rings. The van der Waals surface area contributed by atoms with Crippen LogP contribution in [0.1, 0.15) is 18.9 Å². The maximum atomic E-state index is 11.5. The van der Waals surface area contributed by atoms with Crippen LogP contribution >= 0.6 is 15.9 Å². The van der Waals surface area contributed by atoms with Crippen LogP contribution in [-0.2, 0) is 11.3 Å². The lowest BCUT2D eigenvalue weighted by Gasteiger charge is -2.21. The van der Waals surface area contributed by atoms with E-state index in [1.54, 1.807) is 13.1 Å². The molecule has 0 fully saturated rings. The molecular weight excluding hydrogens is 326 g/mol. The Hall–Kier alpha value is -1.47. The van der Waals surface area contributed by atoms with E-state index in [-0.39, 0.29) is 18.1 Å². The van der Waals surface area contributed by atoms with Crippen LogP contribution in [0.2, 0.25) is 0 Å². The number of nitro benzene ring substituents is 1. The number of rotatable bonds is 7. The second-order valence-corrected chi connectivity index (χ2v) is 5.18. The number of benzene rings is 1. The van der Waals surface area contributed by atoms with Crippen molar-refractivity contribution in [2.45, 2.75) is 19.9 Å². The third kappa shape index (κ3) is 4.57. The Balaban J connectivity index is 2.90. The molecule has 1 N–H and O–H groups in total. The molecule has 0 spiro atoms. The molecule has 0 aromatic heterocycles. The normalized spacial score (nSPS) is 10.6. The van der Waals surface area contributed by atoms with E-state index in [9.17, 15) is 14.9 Å². The van der Waals surface area contributed by atoms with Crippen molar-refractivity contribution in [1.29, 1.82) is 0 Å². The molecule has 1 amide bonds. The van der Waals surface area contributed by atoms with Crippen molar-refractivity contribution in [3.8, 4) is 0 Å². The molecule has 0 atom stereocenters. The fourth-order valence-corrected chi connectivity index (χ4v) is 2.42. The van der Waals surface area contributed by atoms with Crippen LogP contribution in [0, 0.1) is 10.1 Å². The van der Waals surface area contributed by atoms with Gasteiger partial charge < -0.3 is 5.32 Å². The summed E-state index contributed by atoms with van der Waals surface area (Å²) in [6.45, 7) is 3.55. The van der Waals surface area contributed by atoms with Crippen molar-refractivity contribution in [2.75, 3.05) is 20.1 Å². The van der Waals surface area contributed by atoms with E-state index in [2.05, 4.69) is 21.2 Å². The Bertz CT molecular complexity index is 494. The summed E-state index contributed by atoms with van der Waals surface area (Å²) in [6, 6.07) is 4.93. The zero-order valence-corrected chi connectivity index (χ0v) is 13.1. The van der Waals surface area contributed by atoms with Crippen molar-refractivity contribution in [3.05, 3.63) is 38.3 Å². The number of nitrogens with zero attached hydrogens (tertiary/aromatic N) is 2. The van der Waals surface area contributed by atoms with Gasteiger partial charge in [-0.2, -0.15) is 0 Å². The van der Waals surface area contributed by atoms with E-state index < -0.39 is 4.92 Å². The van der Waals surface area contributed by atoms with E-state index >= 15 is 0 Å². The van der Waals surface area contributed by atoms with Gasteiger partial charge in [0.15, 0.2) is 0 Å². The van der Waals surface area contributed by atoms with Gasteiger partial charge in [-0.3, -0.25) is 19.8 Å². The van der Waals surface area contributed by atoms with E-state index in [4.69, 9.17) is 0 Å². The van der Waals surface area contributed by atoms with Crippen molar-refractivity contribution < 1.29 is 9.72 Å². The molecule has 1 rings (SSSR count). The molecule has 0 heterocycles. The van der Waals surface area contributed by atoms with Gasteiger partial charge in [0.2, 0.25) is 5.91 Å². The quantitative estimate of drug-likeness (QED) is 0.608. The van der Waals surface area contributed by atoms with Crippen LogP contribution in [0.25, 0.3) is 0 Å². The average molecular weight is 344 g/mol. The van der Waals surface area contributed by atoms with Gasteiger partial charge in [0, 0.05) is 19.7 Å². The van der Waals surface area contributed by atoms with Crippen molar-refractivity contribution >= 4 is 27.5 Å². The molecule has 20 heavy (non-hydrogen) atoms. The standard InChI is InChI=1S/C13H18BrN3O3/c1-3-7-16(9-12(18)15-2)8-10-5-4-6-11(13(10)14)17(19)20/h4-6H,3,7-9H2,1-2H3,(H,15,18). The largest absolute Gasteiger partial charge is 0.358 e. The molecule has 110 valence electrons. The summed E-state index contributed by atoms with van der Waals surface area (Å²) in [5.41, 5.74) is 0.843. The first-order valence-electron chi connectivity index (χ1n) is 6.34. The molecule has 0 saturated carbocycles. The topological polar surface area (TPSA) is 75.5 Å². The Morgan fingerprint density at radius 2 is 2.20 bits per heavy atom. The number of halogens is 1. The summed E-state index contributed by atoms with van der Waals surface area (Å²) in [6.07, 6.45) is 0.906. The zero-order chi connectivity index (χ0) is 15.1. The molecular formula is C13H18BrN3O3. The summed E-state index contributed by atoms with van der Waals surface area (Å²) in [5, 5.41) is 13.5. The second kappa shape index (κ2) is 7.96. The SMILES string of the molecule is CCCN(CC(=O)NC)Cc1cccc([N+](=O)[O-])c1Br. The molecule has 0 saturated heterocycles. The van der Waals surface area contributed by atoms with Crippen molar-refractivity contribution in [3.63, 3.8) is 0 Å². The number of carbonyl (C=O) groups is 1. The Kier molecular flexibility index (Phi) is 6.60. The van der Waals surface area contributed by atoms with E-state index in [1.165, 1.54) is 6.07 Å².